The van der Waals surface area contributed by atoms with E-state index >= 15 is 0 Å². The third kappa shape index (κ3) is 5.68. The lowest BCUT2D eigenvalue weighted by Gasteiger charge is -2.28. The molecule has 1 amide bonds. The van der Waals surface area contributed by atoms with Gasteiger partial charge in [0.05, 0.1) is 40.2 Å². The maximum absolute atomic E-state index is 13.1. The number of dihydropyridines is 1. The van der Waals surface area contributed by atoms with Crippen molar-refractivity contribution in [1.29, 1.82) is 5.26 Å². The van der Waals surface area contributed by atoms with E-state index in [0.29, 0.717) is 40.7 Å². The molecule has 1 N–H and O–H groups in total. The molecule has 1 aliphatic heterocycles. The van der Waals surface area contributed by atoms with Gasteiger partial charge in [0.15, 0.2) is 0 Å². The number of ether oxygens (including phenoxy) is 1. The molecule has 2 aromatic rings. The summed E-state index contributed by atoms with van der Waals surface area (Å²) < 4.78 is 11.2. The maximum Gasteiger partial charge on any atom is 0.337 e. The predicted octanol–water partition coefficient (Wildman–Crippen LogP) is 4.32. The number of nitriles is 1. The Morgan fingerprint density at radius 2 is 1.91 bits per heavy atom. The number of hydrogen-bond donors (Lipinski definition) is 1. The van der Waals surface area contributed by atoms with E-state index in [0.717, 1.165) is 5.56 Å². The lowest BCUT2D eigenvalue weighted by molar-refractivity contribution is -0.140. The molecule has 172 valence electrons. The number of esters is 1. The van der Waals surface area contributed by atoms with Crippen molar-refractivity contribution in [3.05, 3.63) is 81.9 Å². The van der Waals surface area contributed by atoms with Crippen molar-refractivity contribution >= 4 is 23.6 Å². The van der Waals surface area contributed by atoms with Crippen molar-refractivity contribution in [3.63, 3.8) is 0 Å². The molecule has 0 aliphatic carbocycles. The largest absolute Gasteiger partial charge is 0.468 e. The zero-order valence-electron chi connectivity index (χ0n) is 19.0. The van der Waals surface area contributed by atoms with Crippen LogP contribution in [0.15, 0.2) is 75.0 Å². The molecule has 0 radical (unpaired) electrons. The van der Waals surface area contributed by atoms with Crippen LogP contribution >= 0.6 is 11.8 Å². The lowest BCUT2D eigenvalue weighted by Crippen LogP contribution is -2.33. The first-order valence-corrected chi connectivity index (χ1v) is 11.8. The summed E-state index contributed by atoms with van der Waals surface area (Å²) in [5.41, 5.74) is 2.06. The Labute approximate surface area is 198 Å². The number of nitrogens with one attached hydrogen (secondary N) is 1. The highest BCUT2D eigenvalue weighted by molar-refractivity contribution is 8.03. The summed E-state index contributed by atoms with van der Waals surface area (Å²) >= 11 is 1.25. The van der Waals surface area contributed by atoms with Crippen molar-refractivity contribution in [2.24, 2.45) is 0 Å². The van der Waals surface area contributed by atoms with Crippen LogP contribution in [-0.4, -0.2) is 35.6 Å². The van der Waals surface area contributed by atoms with Gasteiger partial charge in [-0.25, -0.2) is 4.79 Å². The third-order valence-corrected chi connectivity index (χ3v) is 6.37. The Morgan fingerprint density at radius 3 is 2.52 bits per heavy atom. The van der Waals surface area contributed by atoms with Gasteiger partial charge in [0.25, 0.3) is 0 Å². The SMILES string of the molecule is CCN(CC)C(=O)CSC1=C(C#N)[C@@H](c2ccco2)C(C(=O)OCc2ccccc2)=C(C)N1. The Morgan fingerprint density at radius 1 is 1.18 bits per heavy atom. The minimum Gasteiger partial charge on any atom is -0.468 e. The van der Waals surface area contributed by atoms with E-state index in [1.54, 1.807) is 24.0 Å². The zero-order valence-corrected chi connectivity index (χ0v) is 19.8. The van der Waals surface area contributed by atoms with Crippen LogP contribution in [-0.2, 0) is 20.9 Å². The minimum atomic E-state index is -0.722. The number of carbonyl (C=O) groups excluding carboxylic acids is 2. The fourth-order valence-corrected chi connectivity index (χ4v) is 4.63. The van der Waals surface area contributed by atoms with Crippen molar-refractivity contribution in [2.75, 3.05) is 18.8 Å². The average molecular weight is 466 g/mol. The van der Waals surface area contributed by atoms with E-state index < -0.39 is 11.9 Å². The monoisotopic (exact) mass is 465 g/mol. The van der Waals surface area contributed by atoms with Crippen LogP contribution < -0.4 is 5.32 Å². The summed E-state index contributed by atoms with van der Waals surface area (Å²) in [5, 5.41) is 13.7. The van der Waals surface area contributed by atoms with E-state index in [2.05, 4.69) is 11.4 Å². The van der Waals surface area contributed by atoms with E-state index in [1.807, 2.05) is 44.2 Å². The van der Waals surface area contributed by atoms with Crippen molar-refractivity contribution in [3.8, 4) is 6.07 Å². The summed E-state index contributed by atoms with van der Waals surface area (Å²) in [6.45, 7) is 6.98. The molecule has 8 heteroatoms. The van der Waals surface area contributed by atoms with Crippen LogP contribution in [0.4, 0.5) is 0 Å². The number of allylic oxidation sites excluding steroid dienone is 2. The molecule has 0 saturated heterocycles. The second-order valence-corrected chi connectivity index (χ2v) is 8.37. The Balaban J connectivity index is 1.87. The molecule has 0 spiro atoms. The van der Waals surface area contributed by atoms with Gasteiger partial charge in [0, 0.05) is 18.8 Å². The van der Waals surface area contributed by atoms with Gasteiger partial charge < -0.3 is 19.4 Å². The van der Waals surface area contributed by atoms with Gasteiger partial charge in [-0.3, -0.25) is 4.79 Å². The molecule has 33 heavy (non-hydrogen) atoms. The van der Waals surface area contributed by atoms with Crippen LogP contribution in [0.1, 0.15) is 38.0 Å². The van der Waals surface area contributed by atoms with E-state index in [9.17, 15) is 14.9 Å². The number of benzene rings is 1. The van der Waals surface area contributed by atoms with Crippen LogP contribution in [0.2, 0.25) is 0 Å². The molecular weight excluding hydrogens is 438 g/mol. The fraction of sp³-hybridized carbons (Fsp3) is 0.320. The van der Waals surface area contributed by atoms with Gasteiger partial charge >= 0.3 is 5.97 Å². The average Bonchev–Trinajstić information content (AvgIpc) is 3.36. The van der Waals surface area contributed by atoms with Crippen molar-refractivity contribution < 1.29 is 18.7 Å². The Kier molecular flexibility index (Phi) is 8.39. The molecule has 0 saturated carbocycles. The number of furan rings is 1. The normalized spacial score (nSPS) is 15.6. The number of nitrogens with zero attached hydrogens (tertiary/aromatic N) is 2. The van der Waals surface area contributed by atoms with Crippen LogP contribution in [0, 0.1) is 11.3 Å². The number of amides is 1. The van der Waals surface area contributed by atoms with E-state index in [1.165, 1.54) is 18.0 Å². The molecular formula is C25H27N3O4S. The van der Waals surface area contributed by atoms with Gasteiger partial charge in [0.1, 0.15) is 12.4 Å². The molecule has 0 fully saturated rings. The number of hydrogen-bond acceptors (Lipinski definition) is 7. The quantitative estimate of drug-likeness (QED) is 0.551. The number of carbonyl (C=O) groups is 2. The second kappa shape index (κ2) is 11.4. The van der Waals surface area contributed by atoms with Crippen molar-refractivity contribution in [2.45, 2.75) is 33.3 Å². The minimum absolute atomic E-state index is 0.0131. The van der Waals surface area contributed by atoms with Gasteiger partial charge in [-0.05, 0) is 38.5 Å². The van der Waals surface area contributed by atoms with Gasteiger partial charge in [-0.15, -0.1) is 0 Å². The lowest BCUT2D eigenvalue weighted by atomic mass is 9.86. The Bertz CT molecular complexity index is 1080. The number of rotatable bonds is 9. The molecule has 0 unspecified atom stereocenters. The molecule has 3 rings (SSSR count). The summed E-state index contributed by atoms with van der Waals surface area (Å²) in [5.74, 6) is -0.615. The molecule has 1 aliphatic rings. The summed E-state index contributed by atoms with van der Waals surface area (Å²) in [6.07, 6.45) is 1.51. The van der Waals surface area contributed by atoms with Crippen LogP contribution in [0.5, 0.6) is 0 Å². The molecule has 0 bridgehead atoms. The smallest absolute Gasteiger partial charge is 0.337 e. The molecule has 7 nitrogen and oxygen atoms in total. The summed E-state index contributed by atoms with van der Waals surface area (Å²) in [7, 11) is 0. The first-order valence-electron chi connectivity index (χ1n) is 10.8. The standard InChI is InChI=1S/C25H27N3O4S/c1-4-28(5-2)21(29)16-33-24-19(14-26)23(20-12-9-13-31-20)22(17(3)27-24)25(30)32-15-18-10-7-6-8-11-18/h6-13,23,27H,4-5,15-16H2,1-3H3/t23-/m0/s1. The Hall–Kier alpha value is -3.44. The first-order chi connectivity index (χ1) is 16.0. The predicted molar refractivity (Wildman–Crippen MR) is 127 cm³/mol. The molecule has 1 atom stereocenters. The second-order valence-electron chi connectivity index (χ2n) is 7.38. The summed E-state index contributed by atoms with van der Waals surface area (Å²) in [6, 6.07) is 15.1. The van der Waals surface area contributed by atoms with Crippen LogP contribution in [0.3, 0.4) is 0 Å². The molecule has 1 aromatic heterocycles. The fourth-order valence-electron chi connectivity index (χ4n) is 3.64. The van der Waals surface area contributed by atoms with Gasteiger partial charge in [-0.2, -0.15) is 5.26 Å². The van der Waals surface area contributed by atoms with E-state index in [-0.39, 0.29) is 18.3 Å². The summed E-state index contributed by atoms with van der Waals surface area (Å²) in [4.78, 5) is 27.4. The topological polar surface area (TPSA) is 95.6 Å². The highest BCUT2D eigenvalue weighted by atomic mass is 32.2. The third-order valence-electron chi connectivity index (χ3n) is 5.36. The van der Waals surface area contributed by atoms with Crippen molar-refractivity contribution in [1.82, 2.24) is 10.2 Å². The van der Waals surface area contributed by atoms with Crippen LogP contribution in [0.25, 0.3) is 0 Å². The highest BCUT2D eigenvalue weighted by Crippen LogP contribution is 2.41. The van der Waals surface area contributed by atoms with Gasteiger partial charge in [0.2, 0.25) is 5.91 Å². The van der Waals surface area contributed by atoms with E-state index in [4.69, 9.17) is 9.15 Å². The molecule has 1 aromatic carbocycles. The van der Waals surface area contributed by atoms with Gasteiger partial charge in [-0.1, -0.05) is 42.1 Å². The molecule has 2 heterocycles. The highest BCUT2D eigenvalue weighted by Gasteiger charge is 2.37. The number of thioether (sulfide) groups is 1. The zero-order chi connectivity index (χ0) is 23.8. The maximum atomic E-state index is 13.1. The first kappa shape index (κ1) is 24.2.